The number of carbonyl (C=O) groups excluding carboxylic acids is 1. The van der Waals surface area contributed by atoms with E-state index in [1.54, 1.807) is 0 Å². The zero-order chi connectivity index (χ0) is 27.1. The number of aliphatic carboxylic acids is 1. The molecule has 16 heteroatoms. The van der Waals surface area contributed by atoms with Crippen LogP contribution in [-0.4, -0.2) is 29.3 Å². The molecule has 0 fully saturated rings. The molecular formula is C23H17F3N5Na2O4S2+. The Bertz CT molecular complexity index is 1630. The minimum atomic E-state index is -4.87. The molecule has 0 aliphatic carbocycles. The third-order valence-electron chi connectivity index (χ3n) is 5.26. The van der Waals surface area contributed by atoms with Crippen molar-refractivity contribution in [2.75, 3.05) is 10.5 Å². The summed E-state index contributed by atoms with van der Waals surface area (Å²) in [5, 5.41) is 11.8. The first kappa shape index (κ1) is 33.2. The van der Waals surface area contributed by atoms with Crippen LogP contribution in [0.3, 0.4) is 0 Å². The number of halogens is 3. The summed E-state index contributed by atoms with van der Waals surface area (Å²) in [5.74, 6) is -5.39. The molecule has 0 amide bonds. The van der Waals surface area contributed by atoms with Gasteiger partial charge in [-0.15, -0.1) is 11.3 Å². The van der Waals surface area contributed by atoms with Crippen molar-refractivity contribution in [1.82, 2.24) is 15.0 Å². The van der Waals surface area contributed by atoms with Crippen molar-refractivity contribution in [2.24, 2.45) is 0 Å². The van der Waals surface area contributed by atoms with E-state index in [1.165, 1.54) is 38.2 Å². The van der Waals surface area contributed by atoms with Crippen LogP contribution in [0.1, 0.15) is 18.9 Å². The van der Waals surface area contributed by atoms with Gasteiger partial charge in [0.25, 0.3) is 10.0 Å². The third-order valence-corrected chi connectivity index (χ3v) is 8.08. The number of nitrogen functional groups attached to an aromatic ring is 1. The fourth-order valence-corrected chi connectivity index (χ4v) is 5.60. The molecule has 3 N–H and O–H groups in total. The Morgan fingerprint density at radius 2 is 1.64 bits per heavy atom. The van der Waals surface area contributed by atoms with Gasteiger partial charge in [0.15, 0.2) is 10.7 Å². The first-order valence-corrected chi connectivity index (χ1v) is 12.7. The monoisotopic (exact) mass is 594 g/mol. The summed E-state index contributed by atoms with van der Waals surface area (Å²) < 4.78 is 71.2. The van der Waals surface area contributed by atoms with Gasteiger partial charge in [0.2, 0.25) is 5.95 Å². The molecule has 2 heterocycles. The van der Waals surface area contributed by atoms with Crippen molar-refractivity contribution >= 4 is 39.0 Å². The second kappa shape index (κ2) is 12.6. The molecule has 0 atom stereocenters. The standard InChI is InChI=1S/C23H18F3N5O4S2.2Na/c1-23(2,21(32)33)20-30-17(18(36-20)15-9-10-28-22(27)29-15)11-5-3-8-14(16(11)26)31-37(34,35)19-12(24)6-4-7-13(19)25;;/h3-10,31H,1-2H3,(H,32,33)(H2,27,28,29);;/q;2*+1/p-1. The van der Waals surface area contributed by atoms with E-state index in [-0.39, 0.29) is 91.9 Å². The number of benzene rings is 2. The van der Waals surface area contributed by atoms with Crippen molar-refractivity contribution in [3.63, 3.8) is 0 Å². The van der Waals surface area contributed by atoms with Crippen LogP contribution in [0.5, 0.6) is 0 Å². The van der Waals surface area contributed by atoms with E-state index >= 15 is 4.39 Å². The molecule has 0 radical (unpaired) electrons. The molecule has 2 aromatic carbocycles. The molecule has 9 nitrogen and oxygen atoms in total. The molecule has 0 bridgehead atoms. The molecule has 2 aromatic heterocycles. The van der Waals surface area contributed by atoms with Gasteiger partial charge in [0, 0.05) is 11.8 Å². The van der Waals surface area contributed by atoms with Crippen molar-refractivity contribution < 1.29 is 90.6 Å². The number of carboxylic acid groups (broad SMARTS) is 1. The number of aromatic nitrogens is 3. The number of carbonyl (C=O) groups is 1. The van der Waals surface area contributed by atoms with Crippen LogP contribution in [-0.2, 0) is 20.2 Å². The van der Waals surface area contributed by atoms with Crippen LogP contribution >= 0.6 is 11.3 Å². The van der Waals surface area contributed by atoms with Gasteiger partial charge in [-0.3, -0.25) is 4.72 Å². The SMILES string of the molecule is CC(C)(C(=O)[O-])c1nc(-c2cccc(NS(=O)(=O)c3c(F)cccc3F)c2F)c(-c2ccnc(N)n2)s1.[Na+].[Na+]. The zero-order valence-electron chi connectivity index (χ0n) is 21.1. The fraction of sp³-hybridized carbons (Fsp3) is 0.130. The Hall–Kier alpha value is -2.04. The second-order valence-electron chi connectivity index (χ2n) is 8.23. The van der Waals surface area contributed by atoms with Gasteiger partial charge in [0.05, 0.1) is 33.3 Å². The predicted octanol–water partition coefficient (Wildman–Crippen LogP) is -2.90. The largest absolute Gasteiger partial charge is 1.00 e. The Morgan fingerprint density at radius 3 is 2.23 bits per heavy atom. The van der Waals surface area contributed by atoms with Gasteiger partial charge >= 0.3 is 59.1 Å². The maximum absolute atomic E-state index is 15.7. The molecule has 4 rings (SSSR count). The Labute approximate surface area is 269 Å². The van der Waals surface area contributed by atoms with E-state index in [2.05, 4.69) is 15.0 Å². The van der Waals surface area contributed by atoms with Crippen molar-refractivity contribution in [3.05, 3.63) is 71.1 Å². The van der Waals surface area contributed by atoms with Crippen molar-refractivity contribution in [2.45, 2.75) is 24.2 Å². The van der Waals surface area contributed by atoms with E-state index < -0.39 is 49.4 Å². The van der Waals surface area contributed by atoms with E-state index in [4.69, 9.17) is 5.73 Å². The summed E-state index contributed by atoms with van der Waals surface area (Å²) in [6.45, 7) is 2.71. The minimum Gasteiger partial charge on any atom is -0.549 e. The number of hydrogen-bond acceptors (Lipinski definition) is 9. The molecular weight excluding hydrogens is 577 g/mol. The van der Waals surface area contributed by atoms with E-state index in [0.717, 1.165) is 35.6 Å². The summed E-state index contributed by atoms with van der Waals surface area (Å²) in [5.41, 5.74) is 3.38. The van der Waals surface area contributed by atoms with Gasteiger partial charge in [-0.2, -0.15) is 0 Å². The number of hydrogen-bond donors (Lipinski definition) is 2. The maximum atomic E-state index is 15.7. The molecule has 0 aliphatic heterocycles. The van der Waals surface area contributed by atoms with Gasteiger partial charge < -0.3 is 15.6 Å². The Morgan fingerprint density at radius 1 is 1.03 bits per heavy atom. The average molecular weight is 595 g/mol. The smallest absolute Gasteiger partial charge is 0.549 e. The minimum absolute atomic E-state index is 0. The maximum Gasteiger partial charge on any atom is 1.00 e. The summed E-state index contributed by atoms with van der Waals surface area (Å²) >= 11 is 0.898. The number of carboxylic acids is 1. The summed E-state index contributed by atoms with van der Waals surface area (Å²) in [4.78, 5) is 22.9. The first-order valence-electron chi connectivity index (χ1n) is 10.4. The third kappa shape index (κ3) is 6.65. The predicted molar refractivity (Wildman–Crippen MR) is 128 cm³/mol. The second-order valence-corrected chi connectivity index (χ2v) is 10.9. The van der Waals surface area contributed by atoms with Crippen LogP contribution in [0.25, 0.3) is 21.8 Å². The zero-order valence-corrected chi connectivity index (χ0v) is 26.8. The number of nitrogens with two attached hydrogens (primary N) is 1. The van der Waals surface area contributed by atoms with Gasteiger partial charge in [0.1, 0.15) is 16.6 Å². The van der Waals surface area contributed by atoms with Gasteiger partial charge in [-0.05, 0) is 44.2 Å². The molecule has 0 saturated heterocycles. The number of sulfonamides is 1. The van der Waals surface area contributed by atoms with Gasteiger partial charge in [-0.25, -0.2) is 36.5 Å². The molecule has 4 aromatic rings. The van der Waals surface area contributed by atoms with E-state index in [0.29, 0.717) is 0 Å². The Balaban J connectivity index is 0.00000267. The van der Waals surface area contributed by atoms with Crippen molar-refractivity contribution in [3.8, 4) is 21.8 Å². The topological polar surface area (TPSA) is 151 Å². The summed E-state index contributed by atoms with van der Waals surface area (Å²) in [6.07, 6.45) is 1.34. The molecule has 0 saturated carbocycles. The average Bonchev–Trinajstić information content (AvgIpc) is 3.26. The van der Waals surface area contributed by atoms with E-state index in [9.17, 15) is 27.1 Å². The number of anilines is 2. The summed E-state index contributed by atoms with van der Waals surface area (Å²) in [6, 6.07) is 7.55. The number of rotatable bonds is 7. The fourth-order valence-electron chi connectivity index (χ4n) is 3.26. The molecule has 0 spiro atoms. The summed E-state index contributed by atoms with van der Waals surface area (Å²) in [7, 11) is -4.87. The van der Waals surface area contributed by atoms with E-state index in [1.807, 2.05) is 4.72 Å². The van der Waals surface area contributed by atoms with Crippen LogP contribution in [0.15, 0.2) is 53.6 Å². The number of nitrogens with one attached hydrogen (secondary N) is 1. The van der Waals surface area contributed by atoms with Crippen LogP contribution < -0.4 is 74.7 Å². The molecule has 192 valence electrons. The van der Waals surface area contributed by atoms with Gasteiger partial charge in [-0.1, -0.05) is 12.1 Å². The number of thiazole rings is 1. The molecule has 0 aliphatic rings. The number of nitrogens with zero attached hydrogens (tertiary/aromatic N) is 3. The molecule has 0 unspecified atom stereocenters. The van der Waals surface area contributed by atoms with Crippen molar-refractivity contribution in [1.29, 1.82) is 0 Å². The van der Waals surface area contributed by atoms with Crippen LogP contribution in [0.2, 0.25) is 0 Å². The quantitative estimate of drug-likeness (QED) is 0.217. The van der Waals surface area contributed by atoms with Crippen LogP contribution in [0, 0.1) is 17.5 Å². The Kier molecular flexibility index (Phi) is 10.8. The molecule has 39 heavy (non-hydrogen) atoms. The van der Waals surface area contributed by atoms with Crippen LogP contribution in [0.4, 0.5) is 24.8 Å². The normalized spacial score (nSPS) is 11.3. The first-order chi connectivity index (χ1) is 17.3.